The summed E-state index contributed by atoms with van der Waals surface area (Å²) in [7, 11) is 0. The Morgan fingerprint density at radius 1 is 1.91 bits per heavy atom. The zero-order valence-electron chi connectivity index (χ0n) is 5.74. The maximum absolute atomic E-state index is 10.5. The molecule has 1 atom stereocenters. The van der Waals surface area contributed by atoms with E-state index in [2.05, 4.69) is 4.98 Å². The SMILES string of the molecule is CC(Cl)c1ncsc1C(=O)O. The molecule has 0 saturated carbocycles. The number of alkyl halides is 1. The molecule has 0 radical (unpaired) electrons. The molecule has 1 heterocycles. The van der Waals surface area contributed by atoms with Crippen LogP contribution >= 0.6 is 22.9 Å². The van der Waals surface area contributed by atoms with E-state index in [1.807, 2.05) is 0 Å². The number of aromatic carboxylic acids is 1. The van der Waals surface area contributed by atoms with E-state index in [0.717, 1.165) is 11.3 Å². The Balaban J connectivity index is 3.06. The summed E-state index contributed by atoms with van der Waals surface area (Å²) >= 11 is 6.77. The normalized spacial score (nSPS) is 12.9. The summed E-state index contributed by atoms with van der Waals surface area (Å²) in [4.78, 5) is 14.6. The predicted molar refractivity (Wildman–Crippen MR) is 43.3 cm³/mol. The lowest BCUT2D eigenvalue weighted by molar-refractivity contribution is 0.0700. The zero-order valence-corrected chi connectivity index (χ0v) is 7.32. The lowest BCUT2D eigenvalue weighted by atomic mass is 10.3. The van der Waals surface area contributed by atoms with Crippen molar-refractivity contribution in [3.8, 4) is 0 Å². The molecule has 60 valence electrons. The topological polar surface area (TPSA) is 50.2 Å². The molecule has 0 saturated heterocycles. The third kappa shape index (κ3) is 1.70. The number of carbonyl (C=O) groups is 1. The minimum Gasteiger partial charge on any atom is -0.477 e. The number of thiazole rings is 1. The van der Waals surface area contributed by atoms with Crippen LogP contribution in [0.4, 0.5) is 0 Å². The molecular weight excluding hydrogens is 186 g/mol. The number of rotatable bonds is 2. The van der Waals surface area contributed by atoms with Gasteiger partial charge < -0.3 is 5.11 Å². The average molecular weight is 192 g/mol. The molecule has 5 heteroatoms. The molecule has 0 aliphatic heterocycles. The number of aromatic nitrogens is 1. The Hall–Kier alpha value is -0.610. The summed E-state index contributed by atoms with van der Waals surface area (Å²) in [5.41, 5.74) is 1.93. The van der Waals surface area contributed by atoms with E-state index in [1.165, 1.54) is 5.51 Å². The van der Waals surface area contributed by atoms with Gasteiger partial charge in [-0.3, -0.25) is 0 Å². The van der Waals surface area contributed by atoms with E-state index in [-0.39, 0.29) is 10.3 Å². The highest BCUT2D eigenvalue weighted by Crippen LogP contribution is 2.24. The summed E-state index contributed by atoms with van der Waals surface area (Å²) in [6, 6.07) is 0. The van der Waals surface area contributed by atoms with Crippen molar-refractivity contribution in [2.24, 2.45) is 0 Å². The Morgan fingerprint density at radius 2 is 2.55 bits per heavy atom. The third-order valence-electron chi connectivity index (χ3n) is 1.17. The molecule has 11 heavy (non-hydrogen) atoms. The van der Waals surface area contributed by atoms with Gasteiger partial charge in [0.1, 0.15) is 4.88 Å². The maximum atomic E-state index is 10.5. The number of halogens is 1. The molecule has 3 nitrogen and oxygen atoms in total. The fourth-order valence-corrected chi connectivity index (χ4v) is 1.65. The summed E-state index contributed by atoms with van der Waals surface area (Å²) in [5, 5.41) is 8.27. The summed E-state index contributed by atoms with van der Waals surface area (Å²) in [6.45, 7) is 1.70. The van der Waals surface area contributed by atoms with Crippen LogP contribution in [0, 0.1) is 0 Å². The van der Waals surface area contributed by atoms with Gasteiger partial charge in [-0.1, -0.05) is 0 Å². The van der Waals surface area contributed by atoms with Gasteiger partial charge >= 0.3 is 5.97 Å². The van der Waals surface area contributed by atoms with Gasteiger partial charge in [-0.2, -0.15) is 0 Å². The lowest BCUT2D eigenvalue weighted by Crippen LogP contribution is -1.98. The van der Waals surface area contributed by atoms with Crippen LogP contribution in [-0.4, -0.2) is 16.1 Å². The Bertz CT molecular complexity index is 271. The first kappa shape index (κ1) is 8.49. The predicted octanol–water partition coefficient (Wildman–Crippen LogP) is 2.14. The number of carboxylic acids is 1. The number of carboxylic acid groups (broad SMARTS) is 1. The second kappa shape index (κ2) is 3.19. The van der Waals surface area contributed by atoms with E-state index in [9.17, 15) is 4.79 Å². The second-order valence-corrected chi connectivity index (χ2v) is 3.50. The van der Waals surface area contributed by atoms with E-state index in [1.54, 1.807) is 6.92 Å². The van der Waals surface area contributed by atoms with Crippen LogP contribution in [0.5, 0.6) is 0 Å². The van der Waals surface area contributed by atoms with Crippen LogP contribution in [0.2, 0.25) is 0 Å². The van der Waals surface area contributed by atoms with Crippen LogP contribution in [0.25, 0.3) is 0 Å². The highest BCUT2D eigenvalue weighted by Gasteiger charge is 2.16. The maximum Gasteiger partial charge on any atom is 0.347 e. The Morgan fingerprint density at radius 3 is 2.91 bits per heavy atom. The molecule has 0 fully saturated rings. The third-order valence-corrected chi connectivity index (χ3v) is 2.20. The van der Waals surface area contributed by atoms with Gasteiger partial charge in [0.2, 0.25) is 0 Å². The Labute approximate surface area is 72.6 Å². The van der Waals surface area contributed by atoms with Gasteiger partial charge in [-0.25, -0.2) is 9.78 Å². The van der Waals surface area contributed by atoms with Gasteiger partial charge in [-0.05, 0) is 6.92 Å². The molecule has 0 amide bonds. The van der Waals surface area contributed by atoms with Crippen molar-refractivity contribution in [2.45, 2.75) is 12.3 Å². The highest BCUT2D eigenvalue weighted by atomic mass is 35.5. The van der Waals surface area contributed by atoms with Gasteiger partial charge in [0.05, 0.1) is 16.6 Å². The first-order valence-electron chi connectivity index (χ1n) is 2.93. The fraction of sp³-hybridized carbons (Fsp3) is 0.333. The van der Waals surface area contributed by atoms with E-state index >= 15 is 0 Å². The summed E-state index contributed by atoms with van der Waals surface area (Å²) in [6.07, 6.45) is 0. The molecule has 1 aromatic rings. The molecule has 0 aromatic carbocycles. The fourth-order valence-electron chi connectivity index (χ4n) is 0.698. The van der Waals surface area contributed by atoms with Crippen molar-refractivity contribution in [1.82, 2.24) is 4.98 Å². The van der Waals surface area contributed by atoms with Crippen molar-refractivity contribution in [3.05, 3.63) is 16.1 Å². The van der Waals surface area contributed by atoms with E-state index in [0.29, 0.717) is 5.69 Å². The summed E-state index contributed by atoms with van der Waals surface area (Å²) in [5.74, 6) is -0.963. The standard InChI is InChI=1S/C6H6ClNO2S/c1-3(7)4-5(6(9)10)11-2-8-4/h2-3H,1H3,(H,9,10). The molecule has 1 N–H and O–H groups in total. The summed E-state index contributed by atoms with van der Waals surface area (Å²) < 4.78 is 0. The van der Waals surface area contributed by atoms with Crippen LogP contribution in [0.3, 0.4) is 0 Å². The van der Waals surface area contributed by atoms with Gasteiger partial charge in [0, 0.05) is 0 Å². The lowest BCUT2D eigenvalue weighted by Gasteiger charge is -1.97. The Kier molecular flexibility index (Phi) is 2.46. The van der Waals surface area contributed by atoms with Crippen molar-refractivity contribution < 1.29 is 9.90 Å². The van der Waals surface area contributed by atoms with Gasteiger partial charge in [-0.15, -0.1) is 22.9 Å². The minimum absolute atomic E-state index is 0.229. The van der Waals surface area contributed by atoms with Crippen LogP contribution in [-0.2, 0) is 0 Å². The van der Waals surface area contributed by atoms with Crippen LogP contribution in [0.15, 0.2) is 5.51 Å². The average Bonchev–Trinajstić information content (AvgIpc) is 2.32. The molecular formula is C6H6ClNO2S. The second-order valence-electron chi connectivity index (χ2n) is 1.99. The first-order valence-corrected chi connectivity index (χ1v) is 4.25. The van der Waals surface area contributed by atoms with Crippen molar-refractivity contribution in [1.29, 1.82) is 0 Å². The van der Waals surface area contributed by atoms with E-state index < -0.39 is 5.97 Å². The largest absolute Gasteiger partial charge is 0.477 e. The molecule has 0 aliphatic carbocycles. The number of nitrogens with zero attached hydrogens (tertiary/aromatic N) is 1. The molecule has 1 unspecified atom stereocenters. The van der Waals surface area contributed by atoms with Crippen LogP contribution < -0.4 is 0 Å². The molecule has 0 bridgehead atoms. The molecule has 0 spiro atoms. The molecule has 0 aliphatic rings. The number of hydrogen-bond acceptors (Lipinski definition) is 3. The van der Waals surface area contributed by atoms with E-state index in [4.69, 9.17) is 16.7 Å². The smallest absolute Gasteiger partial charge is 0.347 e. The quantitative estimate of drug-likeness (QED) is 0.729. The minimum atomic E-state index is -0.963. The molecule has 1 aromatic heterocycles. The first-order chi connectivity index (χ1) is 5.13. The van der Waals surface area contributed by atoms with Crippen molar-refractivity contribution in [2.75, 3.05) is 0 Å². The monoisotopic (exact) mass is 191 g/mol. The van der Waals surface area contributed by atoms with Crippen LogP contribution in [0.1, 0.15) is 27.7 Å². The molecule has 1 rings (SSSR count). The van der Waals surface area contributed by atoms with Gasteiger partial charge in [0.15, 0.2) is 0 Å². The number of hydrogen-bond donors (Lipinski definition) is 1. The highest BCUT2D eigenvalue weighted by molar-refractivity contribution is 7.11. The van der Waals surface area contributed by atoms with Gasteiger partial charge in [0.25, 0.3) is 0 Å². The van der Waals surface area contributed by atoms with Crippen molar-refractivity contribution >= 4 is 28.9 Å². The van der Waals surface area contributed by atoms with Crippen molar-refractivity contribution in [3.63, 3.8) is 0 Å². The zero-order chi connectivity index (χ0) is 8.43.